The van der Waals surface area contributed by atoms with E-state index in [0.717, 1.165) is 0 Å². The van der Waals surface area contributed by atoms with Gasteiger partial charge in [-0.3, -0.25) is 14.4 Å². The summed E-state index contributed by atoms with van der Waals surface area (Å²) in [7, 11) is 0. The third-order valence-corrected chi connectivity index (χ3v) is 7.30. The first kappa shape index (κ1) is 19.8. The summed E-state index contributed by atoms with van der Waals surface area (Å²) in [6.45, 7) is 0. The Bertz CT molecular complexity index is 961. The van der Waals surface area contributed by atoms with Gasteiger partial charge in [-0.15, -0.1) is 0 Å². The van der Waals surface area contributed by atoms with E-state index in [1.54, 1.807) is 48.5 Å². The Hall–Kier alpha value is -3.15. The molecule has 0 amide bonds. The number of benzene rings is 2. The molecule has 1 N–H and O–H groups in total. The van der Waals surface area contributed by atoms with Crippen molar-refractivity contribution in [3.05, 3.63) is 60.7 Å². The van der Waals surface area contributed by atoms with E-state index in [-0.39, 0.29) is 25.2 Å². The molecule has 2 unspecified atom stereocenters. The summed E-state index contributed by atoms with van der Waals surface area (Å²) in [6, 6.07) is 17.6. The highest BCUT2D eigenvalue weighted by atomic mass is 16.5. The van der Waals surface area contributed by atoms with Crippen LogP contribution in [0.3, 0.4) is 0 Å². The number of hydrogen-bond donors (Lipinski definition) is 1. The number of hydrogen-bond acceptors (Lipinski definition) is 5. The van der Waals surface area contributed by atoms with Gasteiger partial charge in [0, 0.05) is 0 Å². The third-order valence-electron chi connectivity index (χ3n) is 7.30. The van der Waals surface area contributed by atoms with Crippen molar-refractivity contribution < 1.29 is 29.0 Å². The molecule has 0 aromatic heterocycles. The fraction of sp³-hybridized carbons (Fsp3) is 0.400. The van der Waals surface area contributed by atoms with Crippen molar-refractivity contribution in [2.75, 3.05) is 0 Å². The van der Waals surface area contributed by atoms with Gasteiger partial charge in [0.25, 0.3) is 0 Å². The summed E-state index contributed by atoms with van der Waals surface area (Å²) in [5.41, 5.74) is -3.10. The molecule has 0 heterocycles. The molecule has 4 fully saturated rings. The highest BCUT2D eigenvalue weighted by Crippen LogP contribution is 2.70. The van der Waals surface area contributed by atoms with E-state index in [1.165, 1.54) is 0 Å². The average Bonchev–Trinajstić information content (AvgIpc) is 2.74. The molecule has 0 saturated heterocycles. The topological polar surface area (TPSA) is 89.9 Å². The quantitative estimate of drug-likeness (QED) is 0.575. The number of carboxylic acids is 1. The zero-order valence-electron chi connectivity index (χ0n) is 17.1. The molecule has 4 saturated carbocycles. The second-order valence-electron chi connectivity index (χ2n) is 9.56. The van der Waals surface area contributed by atoms with Gasteiger partial charge < -0.3 is 14.6 Å². The average molecular weight is 420 g/mol. The number of carbonyl (C=O) groups is 3. The van der Waals surface area contributed by atoms with Crippen LogP contribution in [0.2, 0.25) is 0 Å². The van der Waals surface area contributed by atoms with Gasteiger partial charge in [0.2, 0.25) is 0 Å². The van der Waals surface area contributed by atoms with E-state index >= 15 is 0 Å². The molecule has 4 aliphatic carbocycles. The van der Waals surface area contributed by atoms with Crippen LogP contribution in [0, 0.1) is 22.2 Å². The fourth-order valence-electron chi connectivity index (χ4n) is 6.54. The lowest BCUT2D eigenvalue weighted by atomic mass is 9.39. The lowest BCUT2D eigenvalue weighted by Crippen LogP contribution is -2.64. The summed E-state index contributed by atoms with van der Waals surface area (Å²) in [6.07, 6.45) is 2.27. The number of esters is 2. The maximum atomic E-state index is 13.4. The van der Waals surface area contributed by atoms with Crippen molar-refractivity contribution in [3.63, 3.8) is 0 Å². The third kappa shape index (κ3) is 3.21. The Morgan fingerprint density at radius 3 is 1.48 bits per heavy atom. The monoisotopic (exact) mass is 420 g/mol. The van der Waals surface area contributed by atoms with E-state index in [4.69, 9.17) is 9.47 Å². The van der Waals surface area contributed by atoms with Crippen LogP contribution in [-0.2, 0) is 14.4 Å². The predicted octanol–water partition coefficient (Wildman–Crippen LogP) is 4.24. The molecule has 4 bridgehead atoms. The molecule has 160 valence electrons. The second kappa shape index (κ2) is 6.94. The van der Waals surface area contributed by atoms with Gasteiger partial charge in [-0.25, -0.2) is 0 Å². The zero-order chi connectivity index (χ0) is 21.7. The van der Waals surface area contributed by atoms with Crippen LogP contribution < -0.4 is 9.47 Å². The van der Waals surface area contributed by atoms with Crippen LogP contribution in [0.5, 0.6) is 11.5 Å². The van der Waals surface area contributed by atoms with E-state index in [0.29, 0.717) is 30.8 Å². The summed E-state index contributed by atoms with van der Waals surface area (Å²) < 4.78 is 11.4. The number of rotatable bonds is 5. The SMILES string of the molecule is O=C(O)C12CC3CC(C(=O)Oc4ccccc4)(C1)CC(C(=O)Oc1ccccc1)(C3)C2. The molecule has 4 aliphatic rings. The van der Waals surface area contributed by atoms with Crippen LogP contribution in [-0.4, -0.2) is 23.0 Å². The number of ether oxygens (including phenoxy) is 2. The molecule has 0 radical (unpaired) electrons. The Morgan fingerprint density at radius 2 is 1.06 bits per heavy atom. The van der Waals surface area contributed by atoms with Gasteiger partial charge in [-0.1, -0.05) is 36.4 Å². The summed E-state index contributed by atoms with van der Waals surface area (Å²) in [5, 5.41) is 10.1. The van der Waals surface area contributed by atoms with Crippen molar-refractivity contribution in [1.82, 2.24) is 0 Å². The van der Waals surface area contributed by atoms with Gasteiger partial charge in [0.05, 0.1) is 16.2 Å². The molecule has 2 atom stereocenters. The van der Waals surface area contributed by atoms with Gasteiger partial charge in [-0.05, 0) is 68.7 Å². The second-order valence-corrected chi connectivity index (χ2v) is 9.56. The minimum Gasteiger partial charge on any atom is -0.481 e. The molecular weight excluding hydrogens is 396 g/mol. The summed E-state index contributed by atoms with van der Waals surface area (Å²) in [5.74, 6) is -0.998. The Balaban J connectivity index is 1.50. The lowest BCUT2D eigenvalue weighted by molar-refractivity contribution is -0.206. The molecule has 2 aromatic rings. The van der Waals surface area contributed by atoms with Crippen molar-refractivity contribution in [3.8, 4) is 11.5 Å². The van der Waals surface area contributed by atoms with Gasteiger partial charge in [0.1, 0.15) is 11.5 Å². The first-order valence-corrected chi connectivity index (χ1v) is 10.6. The fourth-order valence-corrected chi connectivity index (χ4v) is 6.54. The van der Waals surface area contributed by atoms with Gasteiger partial charge in [-0.2, -0.15) is 0 Å². The van der Waals surface area contributed by atoms with Crippen LogP contribution >= 0.6 is 0 Å². The maximum Gasteiger partial charge on any atom is 0.317 e. The molecule has 6 heteroatoms. The maximum absolute atomic E-state index is 13.4. The zero-order valence-corrected chi connectivity index (χ0v) is 17.1. The molecule has 2 aromatic carbocycles. The van der Waals surface area contributed by atoms with Crippen molar-refractivity contribution >= 4 is 17.9 Å². The number of carbonyl (C=O) groups excluding carboxylic acids is 2. The summed E-state index contributed by atoms with van der Waals surface area (Å²) >= 11 is 0. The van der Waals surface area contributed by atoms with Crippen LogP contribution in [0.4, 0.5) is 0 Å². The Morgan fingerprint density at radius 1 is 0.677 bits per heavy atom. The predicted molar refractivity (Wildman–Crippen MR) is 110 cm³/mol. The number of carboxylic acid groups (broad SMARTS) is 1. The molecule has 6 nitrogen and oxygen atoms in total. The summed E-state index contributed by atoms with van der Waals surface area (Å²) in [4.78, 5) is 39.2. The van der Waals surface area contributed by atoms with Crippen LogP contribution in [0.15, 0.2) is 60.7 Å². The van der Waals surface area contributed by atoms with E-state index in [2.05, 4.69) is 0 Å². The van der Waals surface area contributed by atoms with Crippen LogP contribution in [0.1, 0.15) is 38.5 Å². The molecule has 0 spiro atoms. The minimum absolute atomic E-state index is 0.0287. The molecule has 0 aliphatic heterocycles. The molecular formula is C25H24O6. The largest absolute Gasteiger partial charge is 0.481 e. The number of para-hydroxylation sites is 2. The Labute approximate surface area is 180 Å². The van der Waals surface area contributed by atoms with Gasteiger partial charge >= 0.3 is 17.9 Å². The minimum atomic E-state index is -1.11. The Kier molecular flexibility index (Phi) is 4.43. The van der Waals surface area contributed by atoms with Crippen molar-refractivity contribution in [1.29, 1.82) is 0 Å². The van der Waals surface area contributed by atoms with E-state index in [1.807, 2.05) is 12.1 Å². The smallest absolute Gasteiger partial charge is 0.317 e. The molecule has 31 heavy (non-hydrogen) atoms. The molecule has 6 rings (SSSR count). The highest BCUT2D eigenvalue weighted by Gasteiger charge is 2.71. The normalized spacial score (nSPS) is 33.0. The van der Waals surface area contributed by atoms with Crippen molar-refractivity contribution in [2.24, 2.45) is 22.2 Å². The van der Waals surface area contributed by atoms with Gasteiger partial charge in [0.15, 0.2) is 0 Å². The van der Waals surface area contributed by atoms with Crippen molar-refractivity contribution in [2.45, 2.75) is 38.5 Å². The van der Waals surface area contributed by atoms with E-state index < -0.39 is 34.2 Å². The van der Waals surface area contributed by atoms with Crippen LogP contribution in [0.25, 0.3) is 0 Å². The number of aliphatic carboxylic acids is 1. The first-order valence-electron chi connectivity index (χ1n) is 10.6. The lowest BCUT2D eigenvalue weighted by Gasteiger charge is -2.62. The van der Waals surface area contributed by atoms with E-state index in [9.17, 15) is 19.5 Å². The standard InChI is InChI=1S/C25H24O6/c26-20(27)23-11-17-12-24(14-23,21(28)30-18-7-3-1-4-8-18)16-25(13-17,15-23)22(29)31-19-9-5-2-6-10-19/h1-10,17H,11-16H2,(H,26,27). The highest BCUT2D eigenvalue weighted by molar-refractivity contribution is 5.88. The first-order chi connectivity index (χ1) is 14.8.